The molecular weight excluding hydrogens is 302 g/mol. The van der Waals surface area contributed by atoms with Crippen molar-refractivity contribution in [3.8, 4) is 5.75 Å². The molecule has 5 nitrogen and oxygen atoms in total. The Morgan fingerprint density at radius 2 is 1.79 bits per heavy atom. The summed E-state index contributed by atoms with van der Waals surface area (Å²) in [5.41, 5.74) is 6.29. The Hall–Kier alpha value is -2.82. The zero-order valence-corrected chi connectivity index (χ0v) is 14.5. The lowest BCUT2D eigenvalue weighted by Crippen LogP contribution is -2.35. The Balaban J connectivity index is 1.98. The average Bonchev–Trinajstić information content (AvgIpc) is 2.60. The number of hydrogen-bond acceptors (Lipinski definition) is 4. The van der Waals surface area contributed by atoms with Crippen LogP contribution in [0, 0.1) is 6.92 Å². The van der Waals surface area contributed by atoms with Gasteiger partial charge in [-0.3, -0.25) is 4.79 Å². The van der Waals surface area contributed by atoms with Gasteiger partial charge in [-0.05, 0) is 38.5 Å². The minimum atomic E-state index is -0.448. The molecule has 0 aliphatic heterocycles. The molecule has 0 aliphatic rings. The monoisotopic (exact) mass is 325 g/mol. The van der Waals surface area contributed by atoms with Gasteiger partial charge in [-0.2, -0.15) is 5.10 Å². The molecule has 24 heavy (non-hydrogen) atoms. The van der Waals surface area contributed by atoms with E-state index in [0.717, 1.165) is 17.0 Å². The van der Waals surface area contributed by atoms with Gasteiger partial charge in [0.25, 0.3) is 5.91 Å². The summed E-state index contributed by atoms with van der Waals surface area (Å²) in [6.07, 6.45) is 0. The highest BCUT2D eigenvalue weighted by atomic mass is 16.5. The number of methoxy groups -OCH3 is 1. The number of nitrogens with zero attached hydrogens (tertiary/aromatic N) is 1. The molecule has 0 spiro atoms. The summed E-state index contributed by atoms with van der Waals surface area (Å²) in [7, 11) is 1.60. The van der Waals surface area contributed by atoms with E-state index in [0.29, 0.717) is 5.75 Å². The summed E-state index contributed by atoms with van der Waals surface area (Å²) >= 11 is 0. The Bertz CT molecular complexity index is 724. The second kappa shape index (κ2) is 8.15. The summed E-state index contributed by atoms with van der Waals surface area (Å²) in [6.45, 7) is 5.67. The predicted molar refractivity (Wildman–Crippen MR) is 97.6 cm³/mol. The third-order valence-electron chi connectivity index (χ3n) is 3.68. The van der Waals surface area contributed by atoms with Crippen molar-refractivity contribution in [1.82, 2.24) is 5.43 Å². The van der Waals surface area contributed by atoms with E-state index in [1.807, 2.05) is 62.4 Å². The molecule has 0 bridgehead atoms. The molecule has 0 fully saturated rings. The Kier molecular flexibility index (Phi) is 5.95. The van der Waals surface area contributed by atoms with Gasteiger partial charge in [0.05, 0.1) is 18.5 Å². The van der Waals surface area contributed by atoms with Crippen LogP contribution < -0.4 is 15.5 Å². The lowest BCUT2D eigenvalue weighted by molar-refractivity contribution is -0.121. The molecule has 0 aromatic heterocycles. The normalized spacial score (nSPS) is 12.4. The quantitative estimate of drug-likeness (QED) is 0.632. The molecule has 0 saturated carbocycles. The number of ether oxygens (including phenoxy) is 1. The van der Waals surface area contributed by atoms with Gasteiger partial charge in [-0.1, -0.05) is 42.0 Å². The summed E-state index contributed by atoms with van der Waals surface area (Å²) < 4.78 is 5.27. The maximum atomic E-state index is 12.2. The largest absolute Gasteiger partial charge is 0.495 e. The van der Waals surface area contributed by atoms with E-state index in [1.54, 1.807) is 14.0 Å². The molecule has 0 saturated heterocycles. The van der Waals surface area contributed by atoms with Crippen LogP contribution in [-0.4, -0.2) is 24.8 Å². The van der Waals surface area contributed by atoms with Gasteiger partial charge in [-0.25, -0.2) is 5.43 Å². The van der Waals surface area contributed by atoms with Crippen LogP contribution in [0.15, 0.2) is 53.6 Å². The highest BCUT2D eigenvalue weighted by molar-refractivity contribution is 5.99. The average molecular weight is 325 g/mol. The summed E-state index contributed by atoms with van der Waals surface area (Å²) in [5.74, 6) is 0.476. The van der Waals surface area contributed by atoms with E-state index in [9.17, 15) is 4.79 Å². The topological polar surface area (TPSA) is 62.7 Å². The van der Waals surface area contributed by atoms with Crippen LogP contribution in [0.4, 0.5) is 5.69 Å². The molecule has 0 unspecified atom stereocenters. The first-order valence-corrected chi connectivity index (χ1v) is 7.82. The molecule has 0 heterocycles. The summed E-state index contributed by atoms with van der Waals surface area (Å²) in [4.78, 5) is 12.2. The van der Waals surface area contributed by atoms with E-state index >= 15 is 0 Å². The fraction of sp³-hybridized carbons (Fsp3) is 0.263. The molecule has 1 atom stereocenters. The number of rotatable bonds is 6. The highest BCUT2D eigenvalue weighted by Gasteiger charge is 2.14. The van der Waals surface area contributed by atoms with Crippen LogP contribution in [0.2, 0.25) is 0 Å². The van der Waals surface area contributed by atoms with Crippen molar-refractivity contribution in [2.24, 2.45) is 5.10 Å². The fourth-order valence-electron chi connectivity index (χ4n) is 2.16. The van der Waals surface area contributed by atoms with E-state index in [-0.39, 0.29) is 5.91 Å². The van der Waals surface area contributed by atoms with Crippen molar-refractivity contribution in [3.63, 3.8) is 0 Å². The van der Waals surface area contributed by atoms with Gasteiger partial charge < -0.3 is 10.1 Å². The number of hydrogen-bond donors (Lipinski definition) is 2. The molecule has 5 heteroatoms. The molecule has 2 aromatic rings. The number of benzene rings is 2. The third kappa shape index (κ3) is 4.59. The summed E-state index contributed by atoms with van der Waals surface area (Å²) in [5, 5.41) is 7.30. The standard InChI is InChI=1S/C19H23N3O2/c1-13-9-11-16(12-10-13)14(2)21-22-19(23)15(3)20-17-7-5-6-8-18(17)24-4/h5-12,15,20H,1-4H3,(H,22,23)/b21-14-/t15-/m0/s1. The van der Waals surface area contributed by atoms with Gasteiger partial charge in [0.15, 0.2) is 0 Å². The molecule has 0 aliphatic carbocycles. The first-order chi connectivity index (χ1) is 11.5. The molecule has 126 valence electrons. The zero-order chi connectivity index (χ0) is 17.5. The molecule has 2 rings (SSSR count). The van der Waals surface area contributed by atoms with Crippen molar-refractivity contribution in [3.05, 3.63) is 59.7 Å². The lowest BCUT2D eigenvalue weighted by Gasteiger charge is -2.16. The van der Waals surface area contributed by atoms with Gasteiger partial charge in [-0.15, -0.1) is 0 Å². The van der Waals surface area contributed by atoms with E-state index in [4.69, 9.17) is 4.74 Å². The Labute approximate surface area is 142 Å². The minimum absolute atomic E-state index is 0.215. The number of carbonyl (C=O) groups excluding carboxylic acids is 1. The molecule has 2 N–H and O–H groups in total. The maximum Gasteiger partial charge on any atom is 0.262 e. The molecule has 1 amide bonds. The van der Waals surface area contributed by atoms with Crippen molar-refractivity contribution >= 4 is 17.3 Å². The van der Waals surface area contributed by atoms with E-state index in [2.05, 4.69) is 15.8 Å². The van der Waals surface area contributed by atoms with Crippen LogP contribution in [-0.2, 0) is 4.79 Å². The molecule has 2 aromatic carbocycles. The predicted octanol–water partition coefficient (Wildman–Crippen LogP) is 3.34. The van der Waals surface area contributed by atoms with Crippen molar-refractivity contribution in [1.29, 1.82) is 0 Å². The van der Waals surface area contributed by atoms with Crippen LogP contribution in [0.1, 0.15) is 25.0 Å². The molecule has 0 radical (unpaired) electrons. The smallest absolute Gasteiger partial charge is 0.262 e. The second-order valence-electron chi connectivity index (χ2n) is 5.61. The van der Waals surface area contributed by atoms with Gasteiger partial charge >= 0.3 is 0 Å². The highest BCUT2D eigenvalue weighted by Crippen LogP contribution is 2.23. The first-order valence-electron chi connectivity index (χ1n) is 7.82. The number of carbonyl (C=O) groups is 1. The van der Waals surface area contributed by atoms with E-state index in [1.165, 1.54) is 5.56 Å². The summed E-state index contributed by atoms with van der Waals surface area (Å²) in [6, 6.07) is 15.0. The number of hydrazone groups is 1. The Morgan fingerprint density at radius 3 is 2.46 bits per heavy atom. The molecular formula is C19H23N3O2. The SMILES string of the molecule is COc1ccccc1N[C@@H](C)C(=O)N/N=C(/C)c1ccc(C)cc1. The van der Waals surface area contributed by atoms with Gasteiger partial charge in [0.1, 0.15) is 11.8 Å². The number of para-hydroxylation sites is 2. The van der Waals surface area contributed by atoms with Crippen molar-refractivity contribution < 1.29 is 9.53 Å². The number of amides is 1. The lowest BCUT2D eigenvalue weighted by atomic mass is 10.1. The third-order valence-corrected chi connectivity index (χ3v) is 3.68. The van der Waals surface area contributed by atoms with Crippen LogP contribution in [0.25, 0.3) is 0 Å². The van der Waals surface area contributed by atoms with E-state index < -0.39 is 6.04 Å². The van der Waals surface area contributed by atoms with Crippen molar-refractivity contribution in [2.45, 2.75) is 26.8 Å². The van der Waals surface area contributed by atoms with Crippen LogP contribution in [0.5, 0.6) is 5.75 Å². The maximum absolute atomic E-state index is 12.2. The zero-order valence-electron chi connectivity index (χ0n) is 14.5. The number of nitrogens with one attached hydrogen (secondary N) is 2. The van der Waals surface area contributed by atoms with Crippen LogP contribution >= 0.6 is 0 Å². The fourth-order valence-corrected chi connectivity index (χ4v) is 2.16. The Morgan fingerprint density at radius 1 is 1.12 bits per heavy atom. The second-order valence-corrected chi connectivity index (χ2v) is 5.61. The van der Waals surface area contributed by atoms with Gasteiger partial charge in [0, 0.05) is 0 Å². The van der Waals surface area contributed by atoms with Crippen LogP contribution in [0.3, 0.4) is 0 Å². The minimum Gasteiger partial charge on any atom is -0.495 e. The number of aryl methyl sites for hydroxylation is 1. The first kappa shape index (κ1) is 17.5. The van der Waals surface area contributed by atoms with Gasteiger partial charge in [0.2, 0.25) is 0 Å². The number of anilines is 1. The van der Waals surface area contributed by atoms with Crippen molar-refractivity contribution in [2.75, 3.05) is 12.4 Å².